The Hall–Kier alpha value is -3.61. The minimum absolute atomic E-state index is 0.0906. The number of benzene rings is 2. The second-order valence-electron chi connectivity index (χ2n) is 10.1. The predicted molar refractivity (Wildman–Crippen MR) is 148 cm³/mol. The standard InChI is InChI=1S/C28H35F3N4O5S/c1-3-4-15-32-22-14-11-19(28(29,30)31)16-21(22)27(38)33-17-25(36)34-23-7-5-6-8-24(23)35-26(37)18-9-12-20(13-10-18)41(2,39)40/h9-14,16,23-24,32H,3-8,15,17H2,1-2H3,(H,33,38)(H,34,36)(H,35,37). The lowest BCUT2D eigenvalue weighted by Crippen LogP contribution is -2.54. The summed E-state index contributed by atoms with van der Waals surface area (Å²) in [6.45, 7) is 1.97. The van der Waals surface area contributed by atoms with E-state index < -0.39 is 57.9 Å². The highest BCUT2D eigenvalue weighted by Gasteiger charge is 2.32. The van der Waals surface area contributed by atoms with Crippen LogP contribution in [0.1, 0.15) is 71.7 Å². The number of halogens is 3. The van der Waals surface area contributed by atoms with Crippen LogP contribution in [0.5, 0.6) is 0 Å². The van der Waals surface area contributed by atoms with Gasteiger partial charge in [0, 0.05) is 36.1 Å². The van der Waals surface area contributed by atoms with Crippen LogP contribution in [0.25, 0.3) is 0 Å². The third-order valence-electron chi connectivity index (χ3n) is 6.82. The lowest BCUT2D eigenvalue weighted by molar-refractivity contribution is -0.137. The van der Waals surface area contributed by atoms with Crippen LogP contribution in [-0.2, 0) is 20.8 Å². The second-order valence-corrected chi connectivity index (χ2v) is 12.1. The first-order valence-electron chi connectivity index (χ1n) is 13.4. The molecule has 13 heteroatoms. The molecule has 4 N–H and O–H groups in total. The van der Waals surface area contributed by atoms with Crippen LogP contribution >= 0.6 is 0 Å². The molecule has 3 amide bonds. The summed E-state index contributed by atoms with van der Waals surface area (Å²) in [5.74, 6) is -1.79. The van der Waals surface area contributed by atoms with Crippen molar-refractivity contribution in [3.63, 3.8) is 0 Å². The molecule has 224 valence electrons. The molecule has 3 rings (SSSR count). The number of hydrogen-bond donors (Lipinski definition) is 4. The van der Waals surface area contributed by atoms with Crippen molar-refractivity contribution < 1.29 is 36.0 Å². The summed E-state index contributed by atoms with van der Waals surface area (Å²) < 4.78 is 63.1. The molecule has 41 heavy (non-hydrogen) atoms. The molecule has 9 nitrogen and oxygen atoms in total. The number of sulfone groups is 1. The summed E-state index contributed by atoms with van der Waals surface area (Å²) in [5, 5.41) is 11.1. The van der Waals surface area contributed by atoms with Crippen LogP contribution in [0, 0.1) is 0 Å². The van der Waals surface area contributed by atoms with E-state index in [1.165, 1.54) is 30.3 Å². The Morgan fingerprint density at radius 1 is 0.927 bits per heavy atom. The molecule has 2 atom stereocenters. The van der Waals surface area contributed by atoms with E-state index in [2.05, 4.69) is 21.3 Å². The molecular weight excluding hydrogens is 561 g/mol. The second kappa shape index (κ2) is 13.8. The van der Waals surface area contributed by atoms with Gasteiger partial charge in [-0.15, -0.1) is 0 Å². The number of rotatable bonds is 11. The molecule has 0 saturated heterocycles. The van der Waals surface area contributed by atoms with Crippen molar-refractivity contribution in [2.24, 2.45) is 0 Å². The first-order valence-corrected chi connectivity index (χ1v) is 15.3. The quantitative estimate of drug-likeness (QED) is 0.291. The molecule has 0 spiro atoms. The van der Waals surface area contributed by atoms with Crippen molar-refractivity contribution in [2.75, 3.05) is 24.7 Å². The highest BCUT2D eigenvalue weighted by molar-refractivity contribution is 7.90. The van der Waals surface area contributed by atoms with Crippen molar-refractivity contribution in [1.82, 2.24) is 16.0 Å². The van der Waals surface area contributed by atoms with Crippen molar-refractivity contribution >= 4 is 33.2 Å². The molecule has 0 aliphatic heterocycles. The molecule has 0 bridgehead atoms. The first-order chi connectivity index (χ1) is 19.3. The van der Waals surface area contributed by atoms with Gasteiger partial charge in [0.15, 0.2) is 9.84 Å². The molecule has 1 fully saturated rings. The monoisotopic (exact) mass is 596 g/mol. The molecular formula is C28H35F3N4O5S. The Labute approximate surface area is 237 Å². The summed E-state index contributed by atoms with van der Waals surface area (Å²) in [4.78, 5) is 38.4. The minimum Gasteiger partial charge on any atom is -0.384 e. The predicted octanol–water partition coefficient (Wildman–Crippen LogP) is 3.91. The van der Waals surface area contributed by atoms with Crippen molar-refractivity contribution in [1.29, 1.82) is 0 Å². The van der Waals surface area contributed by atoms with Crippen LogP contribution in [0.3, 0.4) is 0 Å². The third kappa shape index (κ3) is 9.20. The molecule has 1 saturated carbocycles. The van der Waals surface area contributed by atoms with Gasteiger partial charge in [-0.05, 0) is 61.7 Å². The maximum absolute atomic E-state index is 13.3. The SMILES string of the molecule is CCCCNc1ccc(C(F)(F)F)cc1C(=O)NCC(=O)NC1CCCCC1NC(=O)c1ccc(S(C)(=O)=O)cc1. The topological polar surface area (TPSA) is 133 Å². The van der Waals surface area contributed by atoms with E-state index in [9.17, 15) is 36.0 Å². The van der Waals surface area contributed by atoms with Gasteiger partial charge in [-0.2, -0.15) is 13.2 Å². The molecule has 1 aliphatic carbocycles. The number of amides is 3. The van der Waals surface area contributed by atoms with Gasteiger partial charge in [-0.25, -0.2) is 8.42 Å². The Bertz CT molecular complexity index is 1350. The van der Waals surface area contributed by atoms with E-state index in [-0.39, 0.29) is 21.7 Å². The largest absolute Gasteiger partial charge is 0.416 e. The van der Waals surface area contributed by atoms with E-state index >= 15 is 0 Å². The lowest BCUT2D eigenvalue weighted by atomic mass is 9.90. The van der Waals surface area contributed by atoms with Gasteiger partial charge in [0.1, 0.15) is 0 Å². The molecule has 0 heterocycles. The zero-order chi connectivity index (χ0) is 30.2. The highest BCUT2D eigenvalue weighted by Crippen LogP contribution is 2.32. The van der Waals surface area contributed by atoms with Gasteiger partial charge in [0.05, 0.1) is 22.6 Å². The van der Waals surface area contributed by atoms with Crippen LogP contribution in [-0.4, -0.2) is 57.6 Å². The molecule has 1 aliphatic rings. The fraction of sp³-hybridized carbons (Fsp3) is 0.464. The molecule has 2 unspecified atom stereocenters. The minimum atomic E-state index is -4.63. The number of unbranched alkanes of at least 4 members (excludes halogenated alkanes) is 1. The number of anilines is 1. The fourth-order valence-electron chi connectivity index (χ4n) is 4.56. The number of nitrogens with one attached hydrogen (secondary N) is 4. The maximum Gasteiger partial charge on any atom is 0.416 e. The van der Waals surface area contributed by atoms with Gasteiger partial charge < -0.3 is 21.3 Å². The molecule has 0 aromatic heterocycles. The van der Waals surface area contributed by atoms with Gasteiger partial charge in [-0.1, -0.05) is 26.2 Å². The highest BCUT2D eigenvalue weighted by atomic mass is 32.2. The van der Waals surface area contributed by atoms with Gasteiger partial charge in [0.25, 0.3) is 11.8 Å². The summed E-state index contributed by atoms with van der Waals surface area (Å²) in [6, 6.07) is 7.57. The summed E-state index contributed by atoms with van der Waals surface area (Å²) in [5.41, 5.74) is -0.679. The zero-order valence-corrected chi connectivity index (χ0v) is 23.8. The summed E-state index contributed by atoms with van der Waals surface area (Å²) in [6.07, 6.45) is 0.864. The first kappa shape index (κ1) is 31.9. The van der Waals surface area contributed by atoms with Gasteiger partial charge in [0.2, 0.25) is 5.91 Å². The fourth-order valence-corrected chi connectivity index (χ4v) is 5.19. The smallest absolute Gasteiger partial charge is 0.384 e. The Balaban J connectivity index is 1.62. The summed E-state index contributed by atoms with van der Waals surface area (Å²) in [7, 11) is -3.40. The van der Waals surface area contributed by atoms with Crippen LogP contribution in [0.4, 0.5) is 18.9 Å². The normalized spacial score (nSPS) is 17.4. The third-order valence-corrected chi connectivity index (χ3v) is 7.95. The average Bonchev–Trinajstić information content (AvgIpc) is 2.92. The van der Waals surface area contributed by atoms with E-state index in [1.54, 1.807) is 0 Å². The van der Waals surface area contributed by atoms with Crippen LogP contribution in [0.2, 0.25) is 0 Å². The number of carbonyl (C=O) groups is 3. The van der Waals surface area contributed by atoms with Gasteiger partial charge in [-0.3, -0.25) is 14.4 Å². The lowest BCUT2D eigenvalue weighted by Gasteiger charge is -2.33. The van der Waals surface area contributed by atoms with Crippen LogP contribution < -0.4 is 21.3 Å². The van der Waals surface area contributed by atoms with E-state index in [0.29, 0.717) is 19.4 Å². The number of hydrogen-bond acceptors (Lipinski definition) is 6. The Kier molecular flexibility index (Phi) is 10.8. The van der Waals surface area contributed by atoms with Crippen molar-refractivity contribution in [2.45, 2.75) is 68.6 Å². The Morgan fingerprint density at radius 2 is 1.56 bits per heavy atom. The zero-order valence-electron chi connectivity index (χ0n) is 22.9. The van der Waals surface area contributed by atoms with Gasteiger partial charge >= 0.3 is 6.18 Å². The number of alkyl halides is 3. The van der Waals surface area contributed by atoms with Crippen molar-refractivity contribution in [3.05, 3.63) is 59.2 Å². The molecule has 2 aromatic rings. The van der Waals surface area contributed by atoms with E-state index in [1.807, 2.05) is 6.92 Å². The number of carbonyl (C=O) groups excluding carboxylic acids is 3. The Morgan fingerprint density at radius 3 is 2.15 bits per heavy atom. The maximum atomic E-state index is 13.3. The average molecular weight is 597 g/mol. The van der Waals surface area contributed by atoms with Crippen molar-refractivity contribution in [3.8, 4) is 0 Å². The summed E-state index contributed by atoms with van der Waals surface area (Å²) >= 11 is 0. The van der Waals surface area contributed by atoms with Crippen LogP contribution in [0.15, 0.2) is 47.4 Å². The molecule has 2 aromatic carbocycles. The van der Waals surface area contributed by atoms with E-state index in [0.717, 1.165) is 44.1 Å². The van der Waals surface area contributed by atoms with E-state index in [4.69, 9.17) is 0 Å². The molecule has 0 radical (unpaired) electrons.